The van der Waals surface area contributed by atoms with Gasteiger partial charge in [-0.3, -0.25) is 4.79 Å². The molecule has 0 spiro atoms. The van der Waals surface area contributed by atoms with Gasteiger partial charge in [-0.1, -0.05) is 30.3 Å². The summed E-state index contributed by atoms with van der Waals surface area (Å²) in [6, 6.07) is 20.3. The molecule has 0 unspecified atom stereocenters. The monoisotopic (exact) mass is 399 g/mol. The predicted molar refractivity (Wildman–Crippen MR) is 122 cm³/mol. The van der Waals surface area contributed by atoms with Crippen LogP contribution in [0.3, 0.4) is 0 Å². The second-order valence-corrected chi connectivity index (χ2v) is 7.42. The van der Waals surface area contributed by atoms with E-state index in [0.717, 1.165) is 16.8 Å². The van der Waals surface area contributed by atoms with Crippen molar-refractivity contribution in [1.82, 2.24) is 10.3 Å². The number of amides is 1. The van der Waals surface area contributed by atoms with Gasteiger partial charge in [-0.05, 0) is 47.5 Å². The lowest BCUT2D eigenvalue weighted by molar-refractivity contribution is -0.116. The van der Waals surface area contributed by atoms with Gasteiger partial charge in [0.2, 0.25) is 5.91 Å². The molecular weight excluding hydrogens is 374 g/mol. The summed E-state index contributed by atoms with van der Waals surface area (Å²) in [6.07, 6.45) is 6.80. The molecule has 0 saturated carbocycles. The van der Waals surface area contributed by atoms with Crippen LogP contribution in [0.25, 0.3) is 17.0 Å². The number of fused-ring (bicyclic) bond motifs is 1. The van der Waals surface area contributed by atoms with Gasteiger partial charge in [0.1, 0.15) is 5.76 Å². The molecule has 0 saturated heterocycles. The van der Waals surface area contributed by atoms with E-state index < -0.39 is 0 Å². The highest BCUT2D eigenvalue weighted by molar-refractivity contribution is 5.91. The zero-order valence-corrected chi connectivity index (χ0v) is 17.1. The third-order valence-corrected chi connectivity index (χ3v) is 5.23. The van der Waals surface area contributed by atoms with Crippen molar-refractivity contribution >= 4 is 28.6 Å². The highest BCUT2D eigenvalue weighted by Gasteiger charge is 2.19. The Hall–Kier alpha value is -3.73. The fourth-order valence-electron chi connectivity index (χ4n) is 3.60. The van der Waals surface area contributed by atoms with Gasteiger partial charge in [0.25, 0.3) is 0 Å². The van der Waals surface area contributed by atoms with E-state index in [1.807, 2.05) is 38.5 Å². The lowest BCUT2D eigenvalue weighted by atomic mass is 9.90. The van der Waals surface area contributed by atoms with E-state index in [-0.39, 0.29) is 11.8 Å². The maximum atomic E-state index is 12.4. The summed E-state index contributed by atoms with van der Waals surface area (Å²) in [5.74, 6) is 0.525. The summed E-state index contributed by atoms with van der Waals surface area (Å²) in [5.41, 5.74) is 4.55. The predicted octanol–water partition coefficient (Wildman–Crippen LogP) is 4.79. The molecule has 4 aromatic rings. The second kappa shape index (κ2) is 8.74. The van der Waals surface area contributed by atoms with Crippen molar-refractivity contribution in [2.45, 2.75) is 5.92 Å². The van der Waals surface area contributed by atoms with Gasteiger partial charge in [-0.25, -0.2) is 0 Å². The van der Waals surface area contributed by atoms with Gasteiger partial charge in [0, 0.05) is 55.4 Å². The smallest absolute Gasteiger partial charge is 0.244 e. The Morgan fingerprint density at radius 2 is 1.90 bits per heavy atom. The topological polar surface area (TPSA) is 61.3 Å². The van der Waals surface area contributed by atoms with Crippen LogP contribution >= 0.6 is 0 Å². The minimum absolute atomic E-state index is 0.0262. The number of carbonyl (C=O) groups excluding carboxylic acids is 1. The van der Waals surface area contributed by atoms with E-state index in [0.29, 0.717) is 12.3 Å². The zero-order chi connectivity index (χ0) is 20.9. The van der Waals surface area contributed by atoms with Crippen molar-refractivity contribution in [2.75, 3.05) is 25.5 Å². The van der Waals surface area contributed by atoms with Crippen LogP contribution in [0.1, 0.15) is 22.8 Å². The SMILES string of the molecule is CN(C)c1ccc([C@H](CNC(=O)/C=C/c2ccco2)c2c[nH]c3ccccc23)cc1. The molecule has 4 rings (SSSR count). The molecule has 2 N–H and O–H groups in total. The number of benzene rings is 2. The van der Waals surface area contributed by atoms with Gasteiger partial charge >= 0.3 is 0 Å². The van der Waals surface area contributed by atoms with Crippen molar-refractivity contribution in [2.24, 2.45) is 0 Å². The number of nitrogens with one attached hydrogen (secondary N) is 2. The maximum absolute atomic E-state index is 12.4. The largest absolute Gasteiger partial charge is 0.465 e. The number of hydrogen-bond acceptors (Lipinski definition) is 3. The van der Waals surface area contributed by atoms with Crippen LogP contribution in [-0.4, -0.2) is 31.5 Å². The van der Waals surface area contributed by atoms with Crippen LogP contribution in [0, 0.1) is 0 Å². The third-order valence-electron chi connectivity index (χ3n) is 5.23. The molecule has 5 heteroatoms. The number of furan rings is 1. The molecule has 0 fully saturated rings. The van der Waals surface area contributed by atoms with Crippen LogP contribution in [0.15, 0.2) is 83.6 Å². The van der Waals surface area contributed by atoms with Crippen LogP contribution in [0.2, 0.25) is 0 Å². The Bertz CT molecular complexity index is 1140. The number of aromatic nitrogens is 1. The Kier molecular flexibility index (Phi) is 5.70. The molecule has 1 amide bonds. The van der Waals surface area contributed by atoms with E-state index in [1.165, 1.54) is 17.0 Å². The van der Waals surface area contributed by atoms with Gasteiger partial charge in [-0.2, -0.15) is 0 Å². The Labute approximate surface area is 176 Å². The number of hydrogen-bond donors (Lipinski definition) is 2. The highest BCUT2D eigenvalue weighted by Crippen LogP contribution is 2.31. The standard InChI is InChI=1S/C25H25N3O2/c1-28(2)19-11-9-18(10-12-19)22(23-17-26-24-8-4-3-7-21(23)24)16-27-25(29)14-13-20-6-5-15-30-20/h3-15,17,22,26H,16H2,1-2H3,(H,27,29)/b14-13+/t22-/m0/s1. The Morgan fingerprint density at radius 3 is 2.63 bits per heavy atom. The summed E-state index contributed by atoms with van der Waals surface area (Å²) in [5, 5.41) is 4.21. The average Bonchev–Trinajstić information content (AvgIpc) is 3.43. The van der Waals surface area contributed by atoms with Crippen molar-refractivity contribution < 1.29 is 9.21 Å². The third kappa shape index (κ3) is 4.30. The molecule has 0 radical (unpaired) electrons. The molecule has 152 valence electrons. The van der Waals surface area contributed by atoms with Crippen LogP contribution in [0.4, 0.5) is 5.69 Å². The van der Waals surface area contributed by atoms with E-state index in [4.69, 9.17) is 4.42 Å². The normalized spacial score (nSPS) is 12.3. The van der Waals surface area contributed by atoms with Crippen molar-refractivity contribution in [3.63, 3.8) is 0 Å². The van der Waals surface area contributed by atoms with Gasteiger partial charge in [0.05, 0.1) is 6.26 Å². The minimum Gasteiger partial charge on any atom is -0.465 e. The van der Waals surface area contributed by atoms with Gasteiger partial charge < -0.3 is 19.6 Å². The number of H-pyrrole nitrogens is 1. The molecule has 0 bridgehead atoms. The van der Waals surface area contributed by atoms with Crippen LogP contribution < -0.4 is 10.2 Å². The number of anilines is 1. The van der Waals surface area contributed by atoms with Crippen molar-refractivity contribution in [1.29, 1.82) is 0 Å². The van der Waals surface area contributed by atoms with Gasteiger partial charge in [0.15, 0.2) is 0 Å². The molecule has 0 aliphatic rings. The number of aromatic amines is 1. The minimum atomic E-state index is -0.152. The lowest BCUT2D eigenvalue weighted by Gasteiger charge is -2.19. The molecule has 0 aliphatic heterocycles. The fourth-order valence-corrected chi connectivity index (χ4v) is 3.60. The molecular formula is C25H25N3O2. The molecule has 2 aromatic heterocycles. The number of carbonyl (C=O) groups is 1. The average molecular weight is 399 g/mol. The molecule has 0 aliphatic carbocycles. The number of rotatable bonds is 7. The summed E-state index contributed by atoms with van der Waals surface area (Å²) in [7, 11) is 4.05. The fraction of sp³-hybridized carbons (Fsp3) is 0.160. The van der Waals surface area contributed by atoms with E-state index in [9.17, 15) is 4.79 Å². The first-order chi connectivity index (χ1) is 14.6. The van der Waals surface area contributed by atoms with Crippen LogP contribution in [0.5, 0.6) is 0 Å². The van der Waals surface area contributed by atoms with Crippen LogP contribution in [-0.2, 0) is 4.79 Å². The molecule has 5 nitrogen and oxygen atoms in total. The van der Waals surface area contributed by atoms with Gasteiger partial charge in [-0.15, -0.1) is 0 Å². The van der Waals surface area contributed by atoms with Crippen molar-refractivity contribution in [3.8, 4) is 0 Å². The Morgan fingerprint density at radius 1 is 1.10 bits per heavy atom. The summed E-state index contributed by atoms with van der Waals surface area (Å²) >= 11 is 0. The quantitative estimate of drug-likeness (QED) is 0.439. The number of para-hydroxylation sites is 1. The maximum Gasteiger partial charge on any atom is 0.244 e. The highest BCUT2D eigenvalue weighted by atomic mass is 16.3. The lowest BCUT2D eigenvalue weighted by Crippen LogP contribution is -2.27. The molecule has 1 atom stereocenters. The van der Waals surface area contributed by atoms with E-state index in [2.05, 4.69) is 51.6 Å². The zero-order valence-electron chi connectivity index (χ0n) is 17.1. The Balaban J connectivity index is 1.59. The summed E-state index contributed by atoms with van der Waals surface area (Å²) in [4.78, 5) is 17.8. The first-order valence-corrected chi connectivity index (χ1v) is 9.94. The number of nitrogens with zero attached hydrogens (tertiary/aromatic N) is 1. The first-order valence-electron chi connectivity index (χ1n) is 9.94. The van der Waals surface area contributed by atoms with E-state index in [1.54, 1.807) is 18.4 Å². The second-order valence-electron chi connectivity index (χ2n) is 7.42. The first kappa shape index (κ1) is 19.6. The van der Waals surface area contributed by atoms with Crippen molar-refractivity contribution in [3.05, 3.63) is 96.1 Å². The van der Waals surface area contributed by atoms with E-state index >= 15 is 0 Å². The molecule has 2 heterocycles. The molecule has 30 heavy (non-hydrogen) atoms. The summed E-state index contributed by atoms with van der Waals surface area (Å²) in [6.45, 7) is 0.491. The summed E-state index contributed by atoms with van der Waals surface area (Å²) < 4.78 is 5.24. The molecule has 2 aromatic carbocycles.